The highest BCUT2D eigenvalue weighted by atomic mass is 16.6. The topological polar surface area (TPSA) is 138 Å². The summed E-state index contributed by atoms with van der Waals surface area (Å²) < 4.78 is 6.88. The van der Waals surface area contributed by atoms with Crippen LogP contribution in [0.1, 0.15) is 13.2 Å². The second-order valence-electron chi connectivity index (χ2n) is 6.23. The van der Waals surface area contributed by atoms with Gasteiger partial charge in [0.25, 0.3) is 0 Å². The van der Waals surface area contributed by atoms with Gasteiger partial charge in [-0.25, -0.2) is 9.97 Å². The fourth-order valence-electron chi connectivity index (χ4n) is 3.09. The van der Waals surface area contributed by atoms with Crippen LogP contribution >= 0.6 is 0 Å². The van der Waals surface area contributed by atoms with Gasteiger partial charge in [-0.3, -0.25) is 0 Å². The number of nitrogens with one attached hydrogen (secondary N) is 1. The third kappa shape index (κ3) is 3.02. The lowest BCUT2D eigenvalue weighted by atomic mass is 10.1. The van der Waals surface area contributed by atoms with Crippen LogP contribution in [-0.4, -0.2) is 71.7 Å². The Hall–Kier alpha value is -2.66. The number of hydrogen-bond acceptors (Lipinski definition) is 9. The van der Waals surface area contributed by atoms with Crippen LogP contribution in [0.2, 0.25) is 0 Å². The molecule has 1 aromatic carbocycles. The zero-order chi connectivity index (χ0) is 19.0. The number of aromatic nitrogens is 5. The number of ether oxygens (including phenoxy) is 1. The zero-order valence-corrected chi connectivity index (χ0v) is 14.6. The molecule has 0 bridgehead atoms. The van der Waals surface area contributed by atoms with Crippen molar-refractivity contribution in [3.63, 3.8) is 0 Å². The molecule has 2 aromatic heterocycles. The van der Waals surface area contributed by atoms with Crippen LogP contribution in [0.5, 0.6) is 0 Å². The van der Waals surface area contributed by atoms with Crippen molar-refractivity contribution in [1.29, 1.82) is 0 Å². The highest BCUT2D eigenvalue weighted by Gasteiger charge is 2.44. The van der Waals surface area contributed by atoms with Gasteiger partial charge in [-0.1, -0.05) is 35.5 Å². The molecule has 10 nitrogen and oxygen atoms in total. The van der Waals surface area contributed by atoms with E-state index >= 15 is 0 Å². The third-order valence-electron chi connectivity index (χ3n) is 4.46. The third-order valence-corrected chi connectivity index (χ3v) is 4.46. The minimum Gasteiger partial charge on any atom is -0.394 e. The van der Waals surface area contributed by atoms with Gasteiger partial charge < -0.3 is 25.4 Å². The molecule has 0 radical (unpaired) electrons. The van der Waals surface area contributed by atoms with E-state index in [2.05, 4.69) is 25.6 Å². The van der Waals surface area contributed by atoms with Crippen molar-refractivity contribution in [2.45, 2.75) is 31.5 Å². The number of anilines is 1. The summed E-state index contributed by atoms with van der Waals surface area (Å²) in [5.41, 5.74) is 1.59. The van der Waals surface area contributed by atoms with E-state index in [9.17, 15) is 15.3 Å². The predicted molar refractivity (Wildman–Crippen MR) is 95.7 cm³/mol. The monoisotopic (exact) mass is 372 g/mol. The number of nitrogens with zero attached hydrogens (tertiary/aromatic N) is 5. The minimum atomic E-state index is -1.27. The Labute approximate surface area is 154 Å². The second-order valence-corrected chi connectivity index (χ2v) is 6.23. The van der Waals surface area contributed by atoms with Crippen LogP contribution < -0.4 is 5.32 Å². The van der Waals surface area contributed by atoms with Crippen molar-refractivity contribution in [3.8, 4) is 11.4 Å². The first kappa shape index (κ1) is 17.7. The van der Waals surface area contributed by atoms with E-state index in [0.29, 0.717) is 29.4 Å². The SMILES string of the molecule is CCNc1nc(-c2ccccc2)nc2c1nnn2[C@@H]1O[C@H](CO)[C@@H](O)[C@H]1O. The molecule has 3 heterocycles. The maximum absolute atomic E-state index is 10.3. The van der Waals surface area contributed by atoms with Crippen molar-refractivity contribution in [2.24, 2.45) is 0 Å². The van der Waals surface area contributed by atoms with Crippen LogP contribution in [0.3, 0.4) is 0 Å². The first-order chi connectivity index (χ1) is 13.1. The number of hydrogen-bond donors (Lipinski definition) is 4. The molecule has 10 heteroatoms. The van der Waals surface area contributed by atoms with Gasteiger partial charge in [0.15, 0.2) is 29.0 Å². The molecule has 1 aliphatic rings. The van der Waals surface area contributed by atoms with E-state index < -0.39 is 31.1 Å². The van der Waals surface area contributed by atoms with Gasteiger partial charge in [0.05, 0.1) is 6.61 Å². The summed E-state index contributed by atoms with van der Waals surface area (Å²) in [6.45, 7) is 2.14. The fourth-order valence-corrected chi connectivity index (χ4v) is 3.09. The molecule has 3 aromatic rings. The number of fused-ring (bicyclic) bond motifs is 1. The molecular weight excluding hydrogens is 352 g/mol. The lowest BCUT2D eigenvalue weighted by Crippen LogP contribution is -2.33. The summed E-state index contributed by atoms with van der Waals surface area (Å²) in [4.78, 5) is 9.09. The Bertz CT molecular complexity index is 934. The molecule has 1 aliphatic heterocycles. The molecule has 27 heavy (non-hydrogen) atoms. The van der Waals surface area contributed by atoms with Crippen LogP contribution in [0.25, 0.3) is 22.6 Å². The summed E-state index contributed by atoms with van der Waals surface area (Å²) in [5.74, 6) is 0.980. The fraction of sp³-hybridized carbons (Fsp3) is 0.412. The number of aliphatic hydroxyl groups excluding tert-OH is 3. The maximum atomic E-state index is 10.3. The summed E-state index contributed by atoms with van der Waals surface area (Å²) in [6, 6.07) is 9.45. The van der Waals surface area contributed by atoms with Crippen LogP contribution in [0, 0.1) is 0 Å². The smallest absolute Gasteiger partial charge is 0.187 e. The summed E-state index contributed by atoms with van der Waals surface area (Å²) in [6.07, 6.45) is -4.43. The Morgan fingerprint density at radius 1 is 1.15 bits per heavy atom. The normalized spacial score (nSPS) is 25.2. The molecule has 4 rings (SSSR count). The molecule has 1 saturated heterocycles. The van der Waals surface area contributed by atoms with Crippen LogP contribution in [-0.2, 0) is 4.74 Å². The lowest BCUT2D eigenvalue weighted by molar-refractivity contribution is -0.0574. The van der Waals surface area contributed by atoms with E-state index in [0.717, 1.165) is 5.56 Å². The number of aliphatic hydroxyl groups is 3. The highest BCUT2D eigenvalue weighted by Crippen LogP contribution is 2.32. The lowest BCUT2D eigenvalue weighted by Gasteiger charge is -2.15. The van der Waals surface area contributed by atoms with Crippen molar-refractivity contribution in [3.05, 3.63) is 30.3 Å². The zero-order valence-electron chi connectivity index (χ0n) is 14.6. The van der Waals surface area contributed by atoms with E-state index in [1.807, 2.05) is 37.3 Å². The van der Waals surface area contributed by atoms with Crippen LogP contribution in [0.15, 0.2) is 30.3 Å². The molecule has 0 amide bonds. The average molecular weight is 372 g/mol. The molecule has 0 saturated carbocycles. The van der Waals surface area contributed by atoms with Gasteiger partial charge in [-0.05, 0) is 6.92 Å². The first-order valence-corrected chi connectivity index (χ1v) is 8.68. The molecule has 0 spiro atoms. The van der Waals surface area contributed by atoms with Gasteiger partial charge in [0, 0.05) is 12.1 Å². The van der Waals surface area contributed by atoms with Gasteiger partial charge in [0.1, 0.15) is 18.3 Å². The van der Waals surface area contributed by atoms with E-state index in [-0.39, 0.29) is 0 Å². The molecule has 142 valence electrons. The van der Waals surface area contributed by atoms with Crippen molar-refractivity contribution in [2.75, 3.05) is 18.5 Å². The quantitative estimate of drug-likeness (QED) is 0.485. The number of benzene rings is 1. The molecule has 0 unspecified atom stereocenters. The largest absolute Gasteiger partial charge is 0.394 e. The average Bonchev–Trinajstić information content (AvgIpc) is 3.24. The molecule has 4 N–H and O–H groups in total. The maximum Gasteiger partial charge on any atom is 0.187 e. The Morgan fingerprint density at radius 2 is 1.93 bits per heavy atom. The van der Waals surface area contributed by atoms with Gasteiger partial charge in [-0.15, -0.1) is 5.10 Å². The van der Waals surface area contributed by atoms with Crippen molar-refractivity contribution in [1.82, 2.24) is 25.0 Å². The van der Waals surface area contributed by atoms with Crippen LogP contribution in [0.4, 0.5) is 5.82 Å². The van der Waals surface area contributed by atoms with Gasteiger partial charge in [-0.2, -0.15) is 4.68 Å². The van der Waals surface area contributed by atoms with E-state index in [4.69, 9.17) is 4.74 Å². The Balaban J connectivity index is 1.84. The van der Waals surface area contributed by atoms with Crippen molar-refractivity contribution < 1.29 is 20.1 Å². The Kier molecular flexibility index (Phi) is 4.70. The second kappa shape index (κ2) is 7.16. The molecule has 4 atom stereocenters. The molecular formula is C17H20N6O4. The Morgan fingerprint density at radius 3 is 2.59 bits per heavy atom. The van der Waals surface area contributed by atoms with Gasteiger partial charge >= 0.3 is 0 Å². The number of rotatable bonds is 5. The van der Waals surface area contributed by atoms with Gasteiger partial charge in [0.2, 0.25) is 0 Å². The summed E-state index contributed by atoms with van der Waals surface area (Å²) >= 11 is 0. The molecule has 1 fully saturated rings. The van der Waals surface area contributed by atoms with E-state index in [1.54, 1.807) is 0 Å². The summed E-state index contributed by atoms with van der Waals surface area (Å²) in [5, 5.41) is 41.0. The van der Waals surface area contributed by atoms with E-state index in [1.165, 1.54) is 4.68 Å². The standard InChI is InChI=1S/C17H20N6O4/c1-2-18-15-11-16(20-14(19-15)9-6-4-3-5-7-9)23(22-21-11)17-13(26)12(25)10(8-24)27-17/h3-7,10,12-13,17,24-26H,2,8H2,1H3,(H,18,19,20)/t10-,12-,13-,17-/m1/s1. The minimum absolute atomic E-state index is 0.356. The highest BCUT2D eigenvalue weighted by molar-refractivity contribution is 5.84. The molecule has 0 aliphatic carbocycles. The predicted octanol–water partition coefficient (Wildman–Crippen LogP) is -0.0684. The first-order valence-electron chi connectivity index (χ1n) is 8.68. The summed E-state index contributed by atoms with van der Waals surface area (Å²) in [7, 11) is 0. The van der Waals surface area contributed by atoms with Crippen molar-refractivity contribution >= 4 is 17.0 Å².